The fourth-order valence-electron chi connectivity index (χ4n) is 3.34. The predicted octanol–water partition coefficient (Wildman–Crippen LogP) is 3.18. The first-order chi connectivity index (χ1) is 13.7. The lowest BCUT2D eigenvalue weighted by molar-refractivity contribution is -0.157. The Bertz CT molecular complexity index is 851. The molecule has 1 aliphatic rings. The Morgan fingerprint density at radius 2 is 1.59 bits per heavy atom. The summed E-state index contributed by atoms with van der Waals surface area (Å²) in [6, 6.07) is 7.73. The van der Waals surface area contributed by atoms with Crippen molar-refractivity contribution in [3.05, 3.63) is 46.7 Å². The molecule has 156 valence electrons. The van der Waals surface area contributed by atoms with E-state index in [2.05, 4.69) is 18.8 Å². The number of carbonyl (C=O) groups excluding carboxylic acids is 3. The third kappa shape index (κ3) is 4.91. The molecule has 1 heterocycles. The highest BCUT2D eigenvalue weighted by molar-refractivity contribution is 6.10. The molecule has 0 bridgehead atoms. The molecule has 0 amide bonds. The normalized spacial score (nSPS) is 18.9. The second-order valence-electron chi connectivity index (χ2n) is 7.23. The van der Waals surface area contributed by atoms with Crippen molar-refractivity contribution in [1.82, 2.24) is 0 Å². The molecule has 0 fully saturated rings. The number of ether oxygens (including phenoxy) is 3. The Hall–Kier alpha value is -2.96. The van der Waals surface area contributed by atoms with Crippen LogP contribution in [-0.2, 0) is 35.2 Å². The van der Waals surface area contributed by atoms with Gasteiger partial charge in [0.15, 0.2) is 0 Å². The molecule has 1 unspecified atom stereocenters. The number of nitrogens with zero attached hydrogens (tertiary/aromatic N) is 1. The van der Waals surface area contributed by atoms with Gasteiger partial charge in [-0.2, -0.15) is 0 Å². The minimum absolute atomic E-state index is 0.00801. The molecule has 0 saturated carbocycles. The van der Waals surface area contributed by atoms with Gasteiger partial charge in [-0.3, -0.25) is 14.6 Å². The summed E-state index contributed by atoms with van der Waals surface area (Å²) >= 11 is 0. The van der Waals surface area contributed by atoms with Gasteiger partial charge in [0, 0.05) is 11.4 Å². The summed E-state index contributed by atoms with van der Waals surface area (Å²) < 4.78 is 15.1. The molecule has 7 heteroatoms. The molecule has 0 aromatic heterocycles. The molecular weight excluding hydrogens is 374 g/mol. The van der Waals surface area contributed by atoms with Crippen molar-refractivity contribution < 1.29 is 28.6 Å². The number of benzene rings is 1. The van der Waals surface area contributed by atoms with Crippen molar-refractivity contribution in [3.63, 3.8) is 0 Å². The SMILES string of the molecule is COC(=O)C1=C(C)N=C(C)C(C(=O)OC)[C@@H]1C(=O)OCc1ccc(C(C)C)cc1. The molecule has 0 aliphatic carbocycles. The van der Waals surface area contributed by atoms with Crippen LogP contribution in [0.2, 0.25) is 0 Å². The lowest BCUT2D eigenvalue weighted by atomic mass is 9.80. The first-order valence-corrected chi connectivity index (χ1v) is 9.38. The molecule has 1 aliphatic heterocycles. The van der Waals surface area contributed by atoms with Crippen molar-refractivity contribution in [3.8, 4) is 0 Å². The number of esters is 3. The van der Waals surface area contributed by atoms with Crippen molar-refractivity contribution in [2.45, 2.75) is 40.2 Å². The zero-order valence-electron chi connectivity index (χ0n) is 17.6. The zero-order valence-corrected chi connectivity index (χ0v) is 17.6. The van der Waals surface area contributed by atoms with Crippen LogP contribution in [0.25, 0.3) is 0 Å². The zero-order chi connectivity index (χ0) is 21.7. The Morgan fingerprint density at radius 3 is 2.10 bits per heavy atom. The van der Waals surface area contributed by atoms with Crippen LogP contribution >= 0.6 is 0 Å². The minimum atomic E-state index is -1.18. The number of carbonyl (C=O) groups is 3. The minimum Gasteiger partial charge on any atom is -0.468 e. The first-order valence-electron chi connectivity index (χ1n) is 9.38. The summed E-state index contributed by atoms with van der Waals surface area (Å²) in [7, 11) is 2.43. The Balaban J connectivity index is 2.30. The van der Waals surface area contributed by atoms with Crippen molar-refractivity contribution in [2.24, 2.45) is 16.8 Å². The van der Waals surface area contributed by atoms with Crippen molar-refractivity contribution in [1.29, 1.82) is 0 Å². The number of hydrogen-bond donors (Lipinski definition) is 0. The average molecular weight is 401 g/mol. The summed E-state index contributed by atoms with van der Waals surface area (Å²) in [5, 5.41) is 0. The van der Waals surface area contributed by atoms with Gasteiger partial charge in [-0.25, -0.2) is 4.79 Å². The van der Waals surface area contributed by atoms with Gasteiger partial charge in [0.2, 0.25) is 0 Å². The average Bonchev–Trinajstić information content (AvgIpc) is 2.70. The molecule has 0 radical (unpaired) electrons. The van der Waals surface area contributed by atoms with Gasteiger partial charge in [-0.1, -0.05) is 38.1 Å². The molecule has 1 aromatic rings. The summed E-state index contributed by atoms with van der Waals surface area (Å²) in [6.07, 6.45) is 0. The number of allylic oxidation sites excluding steroid dienone is 1. The van der Waals surface area contributed by atoms with E-state index in [-0.39, 0.29) is 12.2 Å². The van der Waals surface area contributed by atoms with Crippen LogP contribution in [0.3, 0.4) is 0 Å². The third-order valence-corrected chi connectivity index (χ3v) is 4.97. The molecule has 2 rings (SSSR count). The number of hydrogen-bond acceptors (Lipinski definition) is 7. The molecule has 0 N–H and O–H groups in total. The van der Waals surface area contributed by atoms with Crippen LogP contribution in [0, 0.1) is 11.8 Å². The van der Waals surface area contributed by atoms with Crippen LogP contribution in [-0.4, -0.2) is 37.8 Å². The van der Waals surface area contributed by atoms with Crippen molar-refractivity contribution >= 4 is 23.6 Å². The molecule has 29 heavy (non-hydrogen) atoms. The standard InChI is InChI=1S/C22H27NO6/c1-12(2)16-9-7-15(8-10-16)11-29-22(26)19-17(20(24)27-5)13(3)23-14(4)18(19)21(25)28-6/h7-10,12,17,19H,11H2,1-6H3/t17?,19-/m0/s1. The third-order valence-electron chi connectivity index (χ3n) is 4.97. The quantitative estimate of drug-likeness (QED) is 0.537. The highest BCUT2D eigenvalue weighted by atomic mass is 16.5. The van der Waals surface area contributed by atoms with E-state index in [0.717, 1.165) is 5.56 Å². The van der Waals surface area contributed by atoms with E-state index in [0.29, 0.717) is 17.3 Å². The largest absolute Gasteiger partial charge is 0.468 e. The molecule has 2 atom stereocenters. The van der Waals surface area contributed by atoms with E-state index in [4.69, 9.17) is 14.2 Å². The maximum atomic E-state index is 13.0. The van der Waals surface area contributed by atoms with Crippen LogP contribution in [0.4, 0.5) is 0 Å². The van der Waals surface area contributed by atoms with Crippen LogP contribution in [0.15, 0.2) is 40.5 Å². The lowest BCUT2D eigenvalue weighted by Crippen LogP contribution is -2.42. The van der Waals surface area contributed by atoms with Gasteiger partial charge < -0.3 is 14.2 Å². The fraction of sp³-hybridized carbons (Fsp3) is 0.455. The molecule has 1 aromatic carbocycles. The van der Waals surface area contributed by atoms with Gasteiger partial charge in [0.25, 0.3) is 0 Å². The summed E-state index contributed by atoms with van der Waals surface area (Å²) in [5.41, 5.74) is 2.69. The summed E-state index contributed by atoms with van der Waals surface area (Å²) in [6.45, 7) is 7.42. The molecule has 0 saturated heterocycles. The van der Waals surface area contributed by atoms with E-state index in [1.54, 1.807) is 13.8 Å². The Labute approximate surface area is 170 Å². The summed E-state index contributed by atoms with van der Waals surface area (Å²) in [4.78, 5) is 41.9. The lowest BCUT2D eigenvalue weighted by Gasteiger charge is -2.29. The van der Waals surface area contributed by atoms with E-state index in [1.165, 1.54) is 19.8 Å². The van der Waals surface area contributed by atoms with Gasteiger partial charge in [-0.05, 0) is 30.9 Å². The van der Waals surface area contributed by atoms with Crippen LogP contribution < -0.4 is 0 Å². The smallest absolute Gasteiger partial charge is 0.336 e. The highest BCUT2D eigenvalue weighted by Crippen LogP contribution is 2.33. The number of methoxy groups -OCH3 is 2. The van der Waals surface area contributed by atoms with Crippen LogP contribution in [0.5, 0.6) is 0 Å². The monoisotopic (exact) mass is 401 g/mol. The molecule has 0 spiro atoms. The maximum Gasteiger partial charge on any atom is 0.336 e. The van der Waals surface area contributed by atoms with Gasteiger partial charge in [0.05, 0.1) is 19.8 Å². The van der Waals surface area contributed by atoms with E-state index in [9.17, 15) is 14.4 Å². The first kappa shape index (κ1) is 22.3. The number of aliphatic imine (C=N–C) groups is 1. The summed E-state index contributed by atoms with van der Waals surface area (Å²) in [5.74, 6) is -3.93. The fourth-order valence-corrected chi connectivity index (χ4v) is 3.34. The molecule has 7 nitrogen and oxygen atoms in total. The maximum absolute atomic E-state index is 13.0. The van der Waals surface area contributed by atoms with Gasteiger partial charge in [-0.15, -0.1) is 0 Å². The van der Waals surface area contributed by atoms with Crippen molar-refractivity contribution in [2.75, 3.05) is 14.2 Å². The Kier molecular flexibility index (Phi) is 7.31. The van der Waals surface area contributed by atoms with E-state index < -0.39 is 29.7 Å². The highest BCUT2D eigenvalue weighted by Gasteiger charge is 2.46. The molecular formula is C22H27NO6. The Morgan fingerprint density at radius 1 is 0.966 bits per heavy atom. The van der Waals surface area contributed by atoms with Gasteiger partial charge in [0.1, 0.15) is 18.4 Å². The van der Waals surface area contributed by atoms with E-state index in [1.807, 2.05) is 24.3 Å². The second-order valence-corrected chi connectivity index (χ2v) is 7.23. The van der Waals surface area contributed by atoms with Crippen LogP contribution in [0.1, 0.15) is 44.7 Å². The second kappa shape index (κ2) is 9.49. The topological polar surface area (TPSA) is 91.3 Å². The number of rotatable bonds is 6. The van der Waals surface area contributed by atoms with Gasteiger partial charge >= 0.3 is 17.9 Å². The van der Waals surface area contributed by atoms with E-state index >= 15 is 0 Å². The predicted molar refractivity (Wildman–Crippen MR) is 107 cm³/mol.